The van der Waals surface area contributed by atoms with Crippen LogP contribution in [0.2, 0.25) is 0 Å². The first-order valence-corrected chi connectivity index (χ1v) is 12.0. The van der Waals surface area contributed by atoms with Gasteiger partial charge < -0.3 is 29.7 Å². The maximum atomic E-state index is 12.9. The van der Waals surface area contributed by atoms with Crippen LogP contribution in [0.25, 0.3) is 0 Å². The number of nitrogens with one attached hydrogen (secondary N) is 2. The molecule has 1 fully saturated rings. The van der Waals surface area contributed by atoms with Gasteiger partial charge in [0, 0.05) is 45.8 Å². The van der Waals surface area contributed by atoms with E-state index in [4.69, 9.17) is 14.2 Å². The molecule has 1 aliphatic heterocycles. The van der Waals surface area contributed by atoms with Crippen LogP contribution in [0.3, 0.4) is 0 Å². The predicted octanol–water partition coefficient (Wildman–Crippen LogP) is 2.92. The molecule has 2 N–H and O–H groups in total. The van der Waals surface area contributed by atoms with Crippen molar-refractivity contribution in [2.45, 2.75) is 32.5 Å². The van der Waals surface area contributed by atoms with Crippen LogP contribution in [0.1, 0.15) is 46.2 Å². The molecule has 0 radical (unpaired) electrons. The molecular formula is C23H32N4O5S. The van der Waals surface area contributed by atoms with Crippen LogP contribution in [-0.2, 0) is 20.8 Å². The summed E-state index contributed by atoms with van der Waals surface area (Å²) in [6.07, 6.45) is 2.04. The van der Waals surface area contributed by atoms with Gasteiger partial charge in [0.2, 0.25) is 0 Å². The van der Waals surface area contributed by atoms with E-state index in [0.717, 1.165) is 36.6 Å². The summed E-state index contributed by atoms with van der Waals surface area (Å²) in [6.45, 7) is 5.45. The third-order valence-electron chi connectivity index (χ3n) is 5.26. The average molecular weight is 477 g/mol. The van der Waals surface area contributed by atoms with Crippen molar-refractivity contribution in [3.05, 3.63) is 40.4 Å². The lowest BCUT2D eigenvalue weighted by Gasteiger charge is -2.14. The number of hydrogen-bond acceptors (Lipinski definition) is 8. The number of thiazole rings is 1. The molecule has 1 atom stereocenters. The zero-order valence-corrected chi connectivity index (χ0v) is 20.2. The first-order valence-electron chi connectivity index (χ1n) is 11.1. The molecule has 1 aromatic carbocycles. The van der Waals surface area contributed by atoms with Crippen molar-refractivity contribution in [1.29, 1.82) is 0 Å². The van der Waals surface area contributed by atoms with Crippen molar-refractivity contribution in [2.75, 3.05) is 57.3 Å². The Kier molecular flexibility index (Phi) is 9.61. The molecule has 33 heavy (non-hydrogen) atoms. The summed E-state index contributed by atoms with van der Waals surface area (Å²) in [5.41, 5.74) is 1.97. The Morgan fingerprint density at radius 1 is 1.24 bits per heavy atom. The van der Waals surface area contributed by atoms with E-state index >= 15 is 0 Å². The van der Waals surface area contributed by atoms with E-state index in [1.807, 2.05) is 13.0 Å². The fourth-order valence-corrected chi connectivity index (χ4v) is 4.31. The lowest BCUT2D eigenvalue weighted by Crippen LogP contribution is -2.28. The van der Waals surface area contributed by atoms with Gasteiger partial charge in [0.05, 0.1) is 30.6 Å². The first-order chi connectivity index (χ1) is 16.0. The highest BCUT2D eigenvalue weighted by Gasteiger charge is 2.25. The van der Waals surface area contributed by atoms with E-state index < -0.39 is 0 Å². The van der Waals surface area contributed by atoms with E-state index in [1.165, 1.54) is 11.3 Å². The number of hydrogen-bond donors (Lipinski definition) is 2. The Morgan fingerprint density at radius 2 is 2.09 bits per heavy atom. The van der Waals surface area contributed by atoms with Crippen LogP contribution < -0.4 is 15.5 Å². The standard InChI is InChI=1S/C23H32N4O5S/c1-4-10-32-14-16-5-6-19(18(12-16)21(28)24-8-11-30-2)25-22(29)20-15-33-23(26-20)27-9-7-17(13-27)31-3/h5-6,12,15,17H,4,7-11,13-14H2,1-3H3,(H,24,28)(H,25,29)/t17-/m0/s1. The van der Waals surface area contributed by atoms with Gasteiger partial charge in [-0.15, -0.1) is 11.3 Å². The monoisotopic (exact) mass is 476 g/mol. The molecule has 9 nitrogen and oxygen atoms in total. The molecule has 0 bridgehead atoms. The van der Waals surface area contributed by atoms with Gasteiger partial charge in [0.25, 0.3) is 11.8 Å². The van der Waals surface area contributed by atoms with Gasteiger partial charge in [0.1, 0.15) is 5.69 Å². The molecule has 1 aliphatic rings. The van der Waals surface area contributed by atoms with Crippen LogP contribution >= 0.6 is 11.3 Å². The molecule has 2 heterocycles. The third-order valence-corrected chi connectivity index (χ3v) is 6.16. The normalized spacial score (nSPS) is 15.6. The van der Waals surface area contributed by atoms with E-state index in [-0.39, 0.29) is 17.9 Å². The number of benzene rings is 1. The van der Waals surface area contributed by atoms with Gasteiger partial charge in [0.15, 0.2) is 5.13 Å². The Morgan fingerprint density at radius 3 is 2.82 bits per heavy atom. The van der Waals surface area contributed by atoms with Crippen molar-refractivity contribution in [3.63, 3.8) is 0 Å². The van der Waals surface area contributed by atoms with Crippen molar-refractivity contribution >= 4 is 34.0 Å². The smallest absolute Gasteiger partial charge is 0.275 e. The molecule has 180 valence electrons. The van der Waals surface area contributed by atoms with E-state index in [9.17, 15) is 9.59 Å². The SMILES string of the molecule is CCCOCc1ccc(NC(=O)c2csc(N3CC[C@H](OC)C3)n2)c(C(=O)NCCOC)c1. The minimum atomic E-state index is -0.360. The lowest BCUT2D eigenvalue weighted by molar-refractivity contribution is 0.0937. The third kappa shape index (κ3) is 6.97. The van der Waals surface area contributed by atoms with E-state index in [2.05, 4.69) is 20.5 Å². The number of ether oxygens (including phenoxy) is 3. The van der Waals surface area contributed by atoms with Gasteiger partial charge in [-0.1, -0.05) is 13.0 Å². The quantitative estimate of drug-likeness (QED) is 0.454. The Hall–Kier alpha value is -2.53. The molecule has 1 saturated heterocycles. The molecular weight excluding hydrogens is 444 g/mol. The summed E-state index contributed by atoms with van der Waals surface area (Å²) in [7, 11) is 3.28. The average Bonchev–Trinajstić information content (AvgIpc) is 3.50. The van der Waals surface area contributed by atoms with Crippen LogP contribution in [0.5, 0.6) is 0 Å². The molecule has 3 rings (SSSR count). The summed E-state index contributed by atoms with van der Waals surface area (Å²) in [6, 6.07) is 5.32. The fraction of sp³-hybridized carbons (Fsp3) is 0.522. The molecule has 10 heteroatoms. The fourth-order valence-electron chi connectivity index (χ4n) is 3.47. The highest BCUT2D eigenvalue weighted by molar-refractivity contribution is 7.14. The van der Waals surface area contributed by atoms with Gasteiger partial charge in [-0.3, -0.25) is 9.59 Å². The Balaban J connectivity index is 1.72. The zero-order valence-electron chi connectivity index (χ0n) is 19.4. The number of nitrogens with zero attached hydrogens (tertiary/aromatic N) is 2. The van der Waals surface area contributed by atoms with Crippen molar-refractivity contribution < 1.29 is 23.8 Å². The molecule has 0 saturated carbocycles. The summed E-state index contributed by atoms with van der Waals surface area (Å²) in [5.74, 6) is -0.651. The summed E-state index contributed by atoms with van der Waals surface area (Å²) in [5, 5.41) is 8.18. The van der Waals surface area contributed by atoms with Crippen LogP contribution in [0.15, 0.2) is 23.6 Å². The Labute approximate surface area is 198 Å². The van der Waals surface area contributed by atoms with Crippen molar-refractivity contribution in [2.24, 2.45) is 0 Å². The molecule has 0 aliphatic carbocycles. The van der Waals surface area contributed by atoms with Crippen molar-refractivity contribution in [1.82, 2.24) is 10.3 Å². The number of aromatic nitrogens is 1. The van der Waals surface area contributed by atoms with Gasteiger partial charge in [-0.25, -0.2) is 4.98 Å². The largest absolute Gasteiger partial charge is 0.383 e. The van der Waals surface area contributed by atoms with Gasteiger partial charge in [-0.2, -0.15) is 0 Å². The van der Waals surface area contributed by atoms with E-state index in [1.54, 1.807) is 31.7 Å². The minimum Gasteiger partial charge on any atom is -0.383 e. The van der Waals surface area contributed by atoms with Crippen LogP contribution in [-0.4, -0.2) is 70.0 Å². The maximum absolute atomic E-state index is 12.9. The van der Waals surface area contributed by atoms with Crippen LogP contribution in [0, 0.1) is 0 Å². The predicted molar refractivity (Wildman–Crippen MR) is 128 cm³/mol. The topological polar surface area (TPSA) is 102 Å². The highest BCUT2D eigenvalue weighted by atomic mass is 32.1. The number of carbonyl (C=O) groups is 2. The molecule has 0 spiro atoms. The maximum Gasteiger partial charge on any atom is 0.275 e. The molecule has 0 unspecified atom stereocenters. The van der Waals surface area contributed by atoms with Gasteiger partial charge >= 0.3 is 0 Å². The number of anilines is 2. The lowest BCUT2D eigenvalue weighted by atomic mass is 10.1. The second kappa shape index (κ2) is 12.6. The number of methoxy groups -OCH3 is 2. The van der Waals surface area contributed by atoms with E-state index in [0.29, 0.717) is 43.3 Å². The van der Waals surface area contributed by atoms with Crippen molar-refractivity contribution in [3.8, 4) is 0 Å². The number of carbonyl (C=O) groups excluding carboxylic acids is 2. The summed E-state index contributed by atoms with van der Waals surface area (Å²) in [4.78, 5) is 32.3. The van der Waals surface area contributed by atoms with Crippen LogP contribution in [0.4, 0.5) is 10.8 Å². The number of amides is 2. The molecule has 2 aromatic rings. The molecule has 1 aromatic heterocycles. The number of rotatable bonds is 12. The zero-order chi connectivity index (χ0) is 23.6. The molecule has 2 amide bonds. The summed E-state index contributed by atoms with van der Waals surface area (Å²) < 4.78 is 16.0. The first kappa shape index (κ1) is 25.1. The Bertz CT molecular complexity index is 935. The van der Waals surface area contributed by atoms with Gasteiger partial charge in [-0.05, 0) is 30.5 Å². The summed E-state index contributed by atoms with van der Waals surface area (Å²) >= 11 is 1.42. The second-order valence-corrected chi connectivity index (χ2v) is 8.58. The minimum absolute atomic E-state index is 0.185. The highest BCUT2D eigenvalue weighted by Crippen LogP contribution is 2.26. The second-order valence-electron chi connectivity index (χ2n) is 7.74.